The Bertz CT molecular complexity index is 483. The van der Waals surface area contributed by atoms with Crippen LogP contribution >= 0.6 is 0 Å². The van der Waals surface area contributed by atoms with Gasteiger partial charge in [-0.1, -0.05) is 30.3 Å². The average molecular weight is 259 g/mol. The van der Waals surface area contributed by atoms with Crippen molar-refractivity contribution in [3.05, 3.63) is 60.2 Å². The zero-order valence-corrected chi connectivity index (χ0v) is 11.6. The third-order valence-electron chi connectivity index (χ3n) is 2.88. The van der Waals surface area contributed by atoms with Gasteiger partial charge in [-0.25, -0.2) is 0 Å². The molecule has 2 rings (SSSR count). The van der Waals surface area contributed by atoms with Gasteiger partial charge in [-0.15, -0.1) is 0 Å². The number of hydrogen-bond donors (Lipinski definition) is 2. The number of benzene rings is 2. The fourth-order valence-corrected chi connectivity index (χ4v) is 1.51. The number of rotatable bonds is 2. The van der Waals surface area contributed by atoms with Crippen LogP contribution in [0.25, 0.3) is 0 Å². The molecule has 3 nitrogen and oxygen atoms in total. The normalized spacial score (nSPS) is 11.6. The maximum Gasteiger partial charge on any atom is 0.115 e. The third-order valence-corrected chi connectivity index (χ3v) is 2.88. The van der Waals surface area contributed by atoms with E-state index in [9.17, 15) is 5.11 Å². The van der Waals surface area contributed by atoms with Crippen molar-refractivity contribution in [2.45, 2.75) is 13.0 Å². The zero-order valence-electron chi connectivity index (χ0n) is 11.6. The lowest BCUT2D eigenvalue weighted by molar-refractivity contribution is 0.320. The molecule has 2 N–H and O–H groups in total. The summed E-state index contributed by atoms with van der Waals surface area (Å²) in [6, 6.07) is 16.4. The van der Waals surface area contributed by atoms with Crippen molar-refractivity contribution in [2.75, 3.05) is 14.1 Å². The summed E-state index contributed by atoms with van der Waals surface area (Å²) in [6.45, 7) is 2.11. The van der Waals surface area contributed by atoms with Gasteiger partial charge in [0.15, 0.2) is 0 Å². The molecule has 0 aliphatic carbocycles. The molecule has 19 heavy (non-hydrogen) atoms. The standard InChI is InChI=1S/C10H15NO.C6H6O/c1-8(11(2)3)9-5-4-6-10(12)7-9;7-6-4-2-1-3-5-6/h4-8,12H,1-3H3;1-5,7H/t8-;/m0./s1. The summed E-state index contributed by atoms with van der Waals surface area (Å²) < 4.78 is 0. The molecule has 3 heteroatoms. The Morgan fingerprint density at radius 1 is 0.842 bits per heavy atom. The van der Waals surface area contributed by atoms with Crippen LogP contribution in [0.4, 0.5) is 0 Å². The lowest BCUT2D eigenvalue weighted by Gasteiger charge is -2.19. The first-order valence-electron chi connectivity index (χ1n) is 6.20. The predicted octanol–water partition coefficient (Wildman–Crippen LogP) is 3.41. The van der Waals surface area contributed by atoms with Crippen molar-refractivity contribution >= 4 is 0 Å². The van der Waals surface area contributed by atoms with Crippen molar-refractivity contribution in [2.24, 2.45) is 0 Å². The van der Waals surface area contributed by atoms with Crippen molar-refractivity contribution < 1.29 is 10.2 Å². The molecule has 2 aromatic rings. The first-order valence-corrected chi connectivity index (χ1v) is 6.20. The Kier molecular flexibility index (Phi) is 5.90. The van der Waals surface area contributed by atoms with E-state index in [-0.39, 0.29) is 0 Å². The van der Waals surface area contributed by atoms with Crippen molar-refractivity contribution in [3.63, 3.8) is 0 Å². The number of phenolic OH excluding ortho intramolecular Hbond substituents is 2. The average Bonchev–Trinajstić information content (AvgIpc) is 2.39. The highest BCUT2D eigenvalue weighted by atomic mass is 16.3. The molecule has 0 saturated heterocycles. The zero-order chi connectivity index (χ0) is 14.3. The summed E-state index contributed by atoms with van der Waals surface area (Å²) in [5.41, 5.74) is 1.14. The molecule has 0 saturated carbocycles. The molecule has 0 aliphatic heterocycles. The van der Waals surface area contributed by atoms with E-state index < -0.39 is 0 Å². The highest BCUT2D eigenvalue weighted by Crippen LogP contribution is 2.20. The van der Waals surface area contributed by atoms with Gasteiger partial charge < -0.3 is 15.1 Å². The van der Waals surface area contributed by atoms with Crippen molar-refractivity contribution in [3.8, 4) is 11.5 Å². The monoisotopic (exact) mass is 259 g/mol. The Hall–Kier alpha value is -2.00. The topological polar surface area (TPSA) is 43.7 Å². The molecule has 2 aromatic carbocycles. The Labute approximate surface area is 114 Å². The summed E-state index contributed by atoms with van der Waals surface area (Å²) in [4.78, 5) is 2.11. The SMILES string of the molecule is C[C@@H](c1cccc(O)c1)N(C)C.Oc1ccccc1. The van der Waals surface area contributed by atoms with E-state index >= 15 is 0 Å². The second kappa shape index (κ2) is 7.44. The van der Waals surface area contributed by atoms with E-state index in [2.05, 4.69) is 11.8 Å². The van der Waals surface area contributed by atoms with Gasteiger partial charge in [0.1, 0.15) is 11.5 Å². The number of hydrogen-bond acceptors (Lipinski definition) is 3. The van der Waals surface area contributed by atoms with Gasteiger partial charge in [0.05, 0.1) is 0 Å². The van der Waals surface area contributed by atoms with Crippen molar-refractivity contribution in [1.82, 2.24) is 4.90 Å². The minimum Gasteiger partial charge on any atom is -0.508 e. The molecule has 0 bridgehead atoms. The maximum absolute atomic E-state index is 9.23. The Morgan fingerprint density at radius 3 is 1.84 bits per heavy atom. The van der Waals surface area contributed by atoms with Gasteiger partial charge in [-0.05, 0) is 50.8 Å². The van der Waals surface area contributed by atoms with E-state index in [1.165, 1.54) is 0 Å². The van der Waals surface area contributed by atoms with Crippen LogP contribution in [0.5, 0.6) is 11.5 Å². The van der Waals surface area contributed by atoms with Crippen LogP contribution in [-0.4, -0.2) is 29.2 Å². The second-order valence-corrected chi connectivity index (χ2v) is 4.57. The Morgan fingerprint density at radius 2 is 1.42 bits per heavy atom. The molecule has 0 spiro atoms. The van der Waals surface area contributed by atoms with Gasteiger partial charge in [0, 0.05) is 6.04 Å². The molecule has 0 radical (unpaired) electrons. The van der Waals surface area contributed by atoms with Crippen LogP contribution in [0.2, 0.25) is 0 Å². The smallest absolute Gasteiger partial charge is 0.115 e. The fraction of sp³-hybridized carbons (Fsp3) is 0.250. The number of phenols is 2. The molecule has 0 heterocycles. The first-order chi connectivity index (χ1) is 9.00. The fourth-order valence-electron chi connectivity index (χ4n) is 1.51. The van der Waals surface area contributed by atoms with Crippen LogP contribution in [0, 0.1) is 0 Å². The van der Waals surface area contributed by atoms with Gasteiger partial charge in [-0.3, -0.25) is 0 Å². The molecule has 102 valence electrons. The molecular weight excluding hydrogens is 238 g/mol. The molecular formula is C16H21NO2. The lowest BCUT2D eigenvalue weighted by Crippen LogP contribution is -2.16. The van der Waals surface area contributed by atoms with Gasteiger partial charge in [0.25, 0.3) is 0 Å². The van der Waals surface area contributed by atoms with Crippen LogP contribution in [0.3, 0.4) is 0 Å². The van der Waals surface area contributed by atoms with E-state index in [0.29, 0.717) is 17.5 Å². The summed E-state index contributed by atoms with van der Waals surface area (Å²) in [5, 5.41) is 17.9. The van der Waals surface area contributed by atoms with Crippen LogP contribution in [0.15, 0.2) is 54.6 Å². The second-order valence-electron chi connectivity index (χ2n) is 4.57. The Balaban J connectivity index is 0.000000218. The van der Waals surface area contributed by atoms with E-state index in [4.69, 9.17) is 5.11 Å². The summed E-state index contributed by atoms with van der Waals surface area (Å²) in [6.07, 6.45) is 0. The molecule has 0 amide bonds. The molecule has 1 atom stereocenters. The minimum atomic E-state index is 0.322. The van der Waals surface area contributed by atoms with Gasteiger partial charge in [0.2, 0.25) is 0 Å². The molecule has 0 aliphatic rings. The summed E-state index contributed by atoms with van der Waals surface area (Å²) >= 11 is 0. The predicted molar refractivity (Wildman–Crippen MR) is 78.3 cm³/mol. The van der Waals surface area contributed by atoms with Gasteiger partial charge in [-0.2, -0.15) is 0 Å². The third kappa shape index (κ3) is 5.44. The van der Waals surface area contributed by atoms with Crippen LogP contribution in [-0.2, 0) is 0 Å². The van der Waals surface area contributed by atoms with Crippen molar-refractivity contribution in [1.29, 1.82) is 0 Å². The van der Waals surface area contributed by atoms with Crippen LogP contribution in [0.1, 0.15) is 18.5 Å². The van der Waals surface area contributed by atoms with E-state index in [0.717, 1.165) is 5.56 Å². The number of para-hydroxylation sites is 1. The summed E-state index contributed by atoms with van der Waals surface area (Å²) in [5.74, 6) is 0.656. The highest BCUT2D eigenvalue weighted by Gasteiger charge is 2.06. The highest BCUT2D eigenvalue weighted by molar-refractivity contribution is 5.28. The molecule has 0 aromatic heterocycles. The largest absolute Gasteiger partial charge is 0.508 e. The van der Waals surface area contributed by atoms with Gasteiger partial charge >= 0.3 is 0 Å². The maximum atomic E-state index is 9.23. The molecule has 0 fully saturated rings. The lowest BCUT2D eigenvalue weighted by atomic mass is 10.1. The van der Waals surface area contributed by atoms with E-state index in [1.807, 2.05) is 32.3 Å². The molecule has 0 unspecified atom stereocenters. The van der Waals surface area contributed by atoms with E-state index in [1.54, 1.807) is 36.4 Å². The first kappa shape index (κ1) is 15.1. The quantitative estimate of drug-likeness (QED) is 0.868. The minimum absolute atomic E-state index is 0.322. The number of nitrogens with zero attached hydrogens (tertiary/aromatic N) is 1. The number of aromatic hydroxyl groups is 2. The van der Waals surface area contributed by atoms with Crippen LogP contribution < -0.4 is 0 Å². The summed E-state index contributed by atoms with van der Waals surface area (Å²) in [7, 11) is 4.05.